The Hall–Kier alpha value is -2.37. The zero-order chi connectivity index (χ0) is 15.4. The maximum absolute atomic E-state index is 12.3. The first-order valence-electron chi connectivity index (χ1n) is 6.86. The average Bonchev–Trinajstić information content (AvgIpc) is 2.94. The van der Waals surface area contributed by atoms with E-state index in [9.17, 15) is 14.4 Å². The largest absolute Gasteiger partial charge is 0.480 e. The standard InChI is InChI=1S/C15H18N2O4/c1-10(18)16-9-11-4-6-12(7-5-11)14(19)17-8-2-3-13(17)15(20)21/h4-7,13H,2-3,8-9H2,1H3,(H,16,18)(H,20,21)/t13-/m0/s1. The van der Waals surface area contributed by atoms with Crippen LogP contribution >= 0.6 is 0 Å². The zero-order valence-corrected chi connectivity index (χ0v) is 11.8. The van der Waals surface area contributed by atoms with Gasteiger partial charge < -0.3 is 15.3 Å². The maximum Gasteiger partial charge on any atom is 0.326 e. The second-order valence-corrected chi connectivity index (χ2v) is 5.10. The van der Waals surface area contributed by atoms with Crippen LogP contribution in [-0.2, 0) is 16.1 Å². The molecule has 0 aromatic heterocycles. The van der Waals surface area contributed by atoms with Crippen LogP contribution in [0.25, 0.3) is 0 Å². The molecule has 1 aliphatic heterocycles. The van der Waals surface area contributed by atoms with Crippen molar-refractivity contribution in [2.45, 2.75) is 32.4 Å². The van der Waals surface area contributed by atoms with E-state index in [2.05, 4.69) is 5.32 Å². The Morgan fingerprint density at radius 3 is 2.52 bits per heavy atom. The van der Waals surface area contributed by atoms with Gasteiger partial charge in [-0.3, -0.25) is 9.59 Å². The number of carboxylic acid groups (broad SMARTS) is 1. The fraction of sp³-hybridized carbons (Fsp3) is 0.400. The quantitative estimate of drug-likeness (QED) is 0.866. The number of rotatable bonds is 4. The second kappa shape index (κ2) is 6.39. The van der Waals surface area contributed by atoms with Crippen molar-refractivity contribution >= 4 is 17.8 Å². The molecule has 1 aromatic carbocycles. The van der Waals surface area contributed by atoms with Crippen molar-refractivity contribution in [3.63, 3.8) is 0 Å². The van der Waals surface area contributed by atoms with Crippen LogP contribution in [-0.4, -0.2) is 40.4 Å². The number of aliphatic carboxylic acids is 1. The highest BCUT2D eigenvalue weighted by atomic mass is 16.4. The number of carbonyl (C=O) groups excluding carboxylic acids is 2. The lowest BCUT2D eigenvalue weighted by molar-refractivity contribution is -0.141. The number of nitrogens with zero attached hydrogens (tertiary/aromatic N) is 1. The van der Waals surface area contributed by atoms with Crippen molar-refractivity contribution in [1.82, 2.24) is 10.2 Å². The van der Waals surface area contributed by atoms with E-state index in [1.165, 1.54) is 11.8 Å². The van der Waals surface area contributed by atoms with Gasteiger partial charge in [-0.2, -0.15) is 0 Å². The van der Waals surface area contributed by atoms with Gasteiger partial charge in [0.2, 0.25) is 5.91 Å². The SMILES string of the molecule is CC(=O)NCc1ccc(C(=O)N2CCC[C@H]2C(=O)O)cc1. The average molecular weight is 290 g/mol. The Kier molecular flexibility index (Phi) is 4.57. The predicted molar refractivity (Wildman–Crippen MR) is 75.7 cm³/mol. The van der Waals surface area contributed by atoms with Crippen molar-refractivity contribution in [2.24, 2.45) is 0 Å². The molecule has 1 atom stereocenters. The number of carbonyl (C=O) groups is 3. The number of carboxylic acids is 1. The van der Waals surface area contributed by atoms with Crippen LogP contribution in [0.15, 0.2) is 24.3 Å². The minimum atomic E-state index is -0.955. The number of benzene rings is 1. The fourth-order valence-corrected chi connectivity index (χ4v) is 2.42. The van der Waals surface area contributed by atoms with Crippen LogP contribution in [0.1, 0.15) is 35.7 Å². The summed E-state index contributed by atoms with van der Waals surface area (Å²) in [5.74, 6) is -1.33. The molecule has 1 saturated heterocycles. The first-order chi connectivity index (χ1) is 9.99. The molecule has 1 heterocycles. The normalized spacial score (nSPS) is 17.6. The Balaban J connectivity index is 2.06. The lowest BCUT2D eigenvalue weighted by Crippen LogP contribution is -2.40. The van der Waals surface area contributed by atoms with Crippen molar-refractivity contribution in [1.29, 1.82) is 0 Å². The molecule has 0 bridgehead atoms. The molecule has 0 aliphatic carbocycles. The minimum absolute atomic E-state index is 0.114. The highest BCUT2D eigenvalue weighted by Gasteiger charge is 2.34. The first kappa shape index (κ1) is 15.0. The van der Waals surface area contributed by atoms with Crippen LogP contribution in [0.4, 0.5) is 0 Å². The van der Waals surface area contributed by atoms with Gasteiger partial charge in [-0.15, -0.1) is 0 Å². The Bertz CT molecular complexity index is 553. The molecular weight excluding hydrogens is 272 g/mol. The molecule has 0 saturated carbocycles. The number of hydrogen-bond acceptors (Lipinski definition) is 3. The number of nitrogens with one attached hydrogen (secondary N) is 1. The summed E-state index contributed by atoms with van der Waals surface area (Å²) in [4.78, 5) is 35.7. The van der Waals surface area contributed by atoms with Gasteiger partial charge in [0.05, 0.1) is 0 Å². The van der Waals surface area contributed by atoms with Crippen LogP contribution in [0.5, 0.6) is 0 Å². The summed E-state index contributed by atoms with van der Waals surface area (Å²) >= 11 is 0. The molecule has 2 N–H and O–H groups in total. The van der Waals surface area contributed by atoms with Crippen molar-refractivity contribution < 1.29 is 19.5 Å². The molecule has 21 heavy (non-hydrogen) atoms. The highest BCUT2D eigenvalue weighted by molar-refractivity contribution is 5.97. The summed E-state index contributed by atoms with van der Waals surface area (Å²) in [5, 5.41) is 11.8. The van der Waals surface area contributed by atoms with E-state index in [-0.39, 0.29) is 11.8 Å². The molecule has 2 amide bonds. The van der Waals surface area contributed by atoms with E-state index < -0.39 is 12.0 Å². The van der Waals surface area contributed by atoms with Crippen LogP contribution in [0.2, 0.25) is 0 Å². The first-order valence-corrected chi connectivity index (χ1v) is 6.86. The van der Waals surface area contributed by atoms with E-state index in [4.69, 9.17) is 5.11 Å². The topological polar surface area (TPSA) is 86.7 Å². The fourth-order valence-electron chi connectivity index (χ4n) is 2.42. The third kappa shape index (κ3) is 3.59. The van der Waals surface area contributed by atoms with Gasteiger partial charge in [0.25, 0.3) is 5.91 Å². The van der Waals surface area contributed by atoms with E-state index >= 15 is 0 Å². The molecular formula is C15H18N2O4. The molecule has 1 fully saturated rings. The van der Waals surface area contributed by atoms with Crippen LogP contribution in [0.3, 0.4) is 0 Å². The molecule has 0 radical (unpaired) electrons. The molecule has 2 rings (SSSR count). The van der Waals surface area contributed by atoms with E-state index in [0.29, 0.717) is 31.5 Å². The highest BCUT2D eigenvalue weighted by Crippen LogP contribution is 2.20. The zero-order valence-electron chi connectivity index (χ0n) is 11.8. The molecule has 1 aliphatic rings. The van der Waals surface area contributed by atoms with Gasteiger partial charge >= 0.3 is 5.97 Å². The lowest BCUT2D eigenvalue weighted by atomic mass is 10.1. The Morgan fingerprint density at radius 1 is 1.29 bits per heavy atom. The maximum atomic E-state index is 12.3. The molecule has 6 nitrogen and oxygen atoms in total. The van der Waals surface area contributed by atoms with Gasteiger partial charge in [-0.1, -0.05) is 12.1 Å². The second-order valence-electron chi connectivity index (χ2n) is 5.10. The number of likely N-dealkylation sites (tertiary alicyclic amines) is 1. The summed E-state index contributed by atoms with van der Waals surface area (Å²) in [6.07, 6.45) is 1.21. The van der Waals surface area contributed by atoms with Gasteiger partial charge in [0, 0.05) is 25.6 Å². The smallest absolute Gasteiger partial charge is 0.326 e. The van der Waals surface area contributed by atoms with Gasteiger partial charge in [0.15, 0.2) is 0 Å². The molecule has 1 aromatic rings. The number of hydrogen-bond donors (Lipinski definition) is 2. The van der Waals surface area contributed by atoms with E-state index in [1.54, 1.807) is 24.3 Å². The third-order valence-corrected chi connectivity index (χ3v) is 3.54. The summed E-state index contributed by atoms with van der Waals surface area (Å²) < 4.78 is 0. The van der Waals surface area contributed by atoms with Crippen molar-refractivity contribution in [3.05, 3.63) is 35.4 Å². The molecule has 112 valence electrons. The van der Waals surface area contributed by atoms with Crippen molar-refractivity contribution in [3.8, 4) is 0 Å². The lowest BCUT2D eigenvalue weighted by Gasteiger charge is -2.21. The minimum Gasteiger partial charge on any atom is -0.480 e. The Labute approximate surface area is 122 Å². The molecule has 6 heteroatoms. The monoisotopic (exact) mass is 290 g/mol. The van der Waals surface area contributed by atoms with Gasteiger partial charge in [-0.05, 0) is 30.5 Å². The van der Waals surface area contributed by atoms with Gasteiger partial charge in [0.1, 0.15) is 6.04 Å². The van der Waals surface area contributed by atoms with E-state index in [1.807, 2.05) is 0 Å². The predicted octanol–water partition coefficient (Wildman–Crippen LogP) is 1.01. The summed E-state index contributed by atoms with van der Waals surface area (Å²) in [6.45, 7) is 2.33. The third-order valence-electron chi connectivity index (χ3n) is 3.54. The summed E-state index contributed by atoms with van der Waals surface area (Å²) in [5.41, 5.74) is 1.35. The summed E-state index contributed by atoms with van der Waals surface area (Å²) in [6, 6.07) is 6.12. The Morgan fingerprint density at radius 2 is 1.95 bits per heavy atom. The van der Waals surface area contributed by atoms with Crippen molar-refractivity contribution in [2.75, 3.05) is 6.54 Å². The van der Waals surface area contributed by atoms with Crippen LogP contribution in [0, 0.1) is 0 Å². The van der Waals surface area contributed by atoms with Gasteiger partial charge in [-0.25, -0.2) is 4.79 Å². The summed E-state index contributed by atoms with van der Waals surface area (Å²) in [7, 11) is 0. The molecule has 0 unspecified atom stereocenters. The number of amides is 2. The molecule has 0 spiro atoms. The van der Waals surface area contributed by atoms with E-state index in [0.717, 1.165) is 5.56 Å². The van der Waals surface area contributed by atoms with Crippen LogP contribution < -0.4 is 5.32 Å².